The fourth-order valence-electron chi connectivity index (χ4n) is 2.88. The van der Waals surface area contributed by atoms with Gasteiger partial charge in [0.1, 0.15) is 0 Å². The van der Waals surface area contributed by atoms with Gasteiger partial charge in [-0.05, 0) is 50.7 Å². The van der Waals surface area contributed by atoms with Gasteiger partial charge in [-0.2, -0.15) is 9.59 Å². The summed E-state index contributed by atoms with van der Waals surface area (Å²) in [5, 5.41) is 27.7. The molecule has 0 atom stereocenters. The van der Waals surface area contributed by atoms with Crippen LogP contribution in [-0.4, -0.2) is 78.5 Å². The average molecular weight is 372 g/mol. The number of hydrogen-bond donors (Lipinski definition) is 1. The van der Waals surface area contributed by atoms with Gasteiger partial charge in [0.25, 0.3) is 0 Å². The van der Waals surface area contributed by atoms with Gasteiger partial charge in [0.15, 0.2) is 0 Å². The minimum absolute atomic E-state index is 0.758. The van der Waals surface area contributed by atoms with Crippen molar-refractivity contribution in [2.45, 2.75) is 39.8 Å². The molecule has 0 amide bonds. The van der Waals surface area contributed by atoms with Crippen LogP contribution in [0.5, 0.6) is 0 Å². The van der Waals surface area contributed by atoms with Crippen molar-refractivity contribution < 1.29 is 0 Å². The Morgan fingerprint density at radius 2 is 1.56 bits per heavy atom. The Bertz CT molecular complexity index is 787. The molecule has 0 spiro atoms. The van der Waals surface area contributed by atoms with Gasteiger partial charge in [-0.25, -0.2) is 0 Å². The lowest BCUT2D eigenvalue weighted by atomic mass is 10.1. The van der Waals surface area contributed by atoms with Gasteiger partial charge < -0.3 is 10.2 Å². The molecular weight excluding hydrogens is 344 g/mol. The Hall–Kier alpha value is -2.46. The first-order valence-corrected chi connectivity index (χ1v) is 9.53. The molecule has 27 heavy (non-hydrogen) atoms. The maximum atomic E-state index is 4.29. The smallest absolute Gasteiger partial charge is 0.201 e. The average Bonchev–Trinajstić information content (AvgIpc) is 3.39. The van der Waals surface area contributed by atoms with E-state index < -0.39 is 0 Å². The van der Waals surface area contributed by atoms with Crippen molar-refractivity contribution >= 4 is 11.1 Å². The van der Waals surface area contributed by atoms with Crippen LogP contribution in [0.15, 0.2) is 12.2 Å². The second kappa shape index (κ2) is 9.47. The monoisotopic (exact) mass is 372 g/mol. The topological polar surface area (TPSA) is 102 Å². The van der Waals surface area contributed by atoms with E-state index >= 15 is 0 Å². The molecule has 0 saturated heterocycles. The summed E-state index contributed by atoms with van der Waals surface area (Å²) in [4.78, 5) is 5.48. The molecule has 2 aliphatic rings. The van der Waals surface area contributed by atoms with Crippen molar-refractivity contribution in [3.05, 3.63) is 23.8 Å². The largest absolute Gasteiger partial charge is 0.312 e. The lowest BCUT2D eigenvalue weighted by Gasteiger charge is -2.20. The molecule has 0 radical (unpaired) electrons. The number of rotatable bonds is 4. The van der Waals surface area contributed by atoms with Gasteiger partial charge in [0, 0.05) is 30.8 Å². The SMILES string of the molecule is CCn1nnc(C2=CCCN(C)C2)n1.CCn1nnc(C2=CCCNC2)n1. The molecule has 0 saturated carbocycles. The van der Waals surface area contributed by atoms with Crippen LogP contribution in [0.25, 0.3) is 11.1 Å². The maximum Gasteiger partial charge on any atom is 0.201 e. The molecule has 0 aromatic carbocycles. The molecule has 1 N–H and O–H groups in total. The highest BCUT2D eigenvalue weighted by molar-refractivity contribution is 5.61. The molecule has 4 rings (SSSR count). The third kappa shape index (κ3) is 5.27. The summed E-state index contributed by atoms with van der Waals surface area (Å²) < 4.78 is 0. The Morgan fingerprint density at radius 3 is 2.07 bits per heavy atom. The number of hydrogen-bond acceptors (Lipinski definition) is 8. The van der Waals surface area contributed by atoms with Gasteiger partial charge in [0.05, 0.1) is 13.1 Å². The zero-order chi connectivity index (χ0) is 19.1. The minimum atomic E-state index is 0.758. The van der Waals surface area contributed by atoms with Crippen LogP contribution in [0.2, 0.25) is 0 Å². The van der Waals surface area contributed by atoms with Crippen LogP contribution in [0, 0.1) is 0 Å². The minimum Gasteiger partial charge on any atom is -0.312 e. The summed E-state index contributed by atoms with van der Waals surface area (Å²) in [6.45, 7) is 9.50. The van der Waals surface area contributed by atoms with Gasteiger partial charge in [-0.15, -0.1) is 20.4 Å². The van der Waals surface area contributed by atoms with E-state index in [1.165, 1.54) is 5.57 Å². The van der Waals surface area contributed by atoms with Crippen molar-refractivity contribution in [2.24, 2.45) is 0 Å². The van der Waals surface area contributed by atoms with Crippen molar-refractivity contribution in [3.63, 3.8) is 0 Å². The number of nitrogens with one attached hydrogen (secondary N) is 1. The maximum absolute atomic E-state index is 4.29. The first-order valence-electron chi connectivity index (χ1n) is 9.53. The van der Waals surface area contributed by atoms with Gasteiger partial charge in [-0.3, -0.25) is 0 Å². The molecule has 10 heteroatoms. The fraction of sp³-hybridized carbons (Fsp3) is 0.647. The van der Waals surface area contributed by atoms with E-state index in [9.17, 15) is 0 Å². The Morgan fingerprint density at radius 1 is 0.926 bits per heavy atom. The Labute approximate surface area is 159 Å². The first kappa shape index (κ1) is 19.3. The predicted molar refractivity (Wildman–Crippen MR) is 103 cm³/mol. The second-order valence-electron chi connectivity index (χ2n) is 6.55. The molecule has 2 aromatic heterocycles. The third-order valence-corrected chi connectivity index (χ3v) is 4.41. The normalized spacial score (nSPS) is 17.7. The lowest BCUT2D eigenvalue weighted by molar-refractivity contribution is 0.372. The van der Waals surface area contributed by atoms with Gasteiger partial charge >= 0.3 is 0 Å². The molecule has 0 unspecified atom stereocenters. The number of tetrazole rings is 2. The summed E-state index contributed by atoms with van der Waals surface area (Å²) in [6, 6.07) is 0. The number of nitrogens with zero attached hydrogens (tertiary/aromatic N) is 9. The second-order valence-corrected chi connectivity index (χ2v) is 6.55. The van der Waals surface area contributed by atoms with E-state index in [-0.39, 0.29) is 0 Å². The molecule has 2 aliphatic heterocycles. The number of aryl methyl sites for hydroxylation is 2. The van der Waals surface area contributed by atoms with Crippen LogP contribution >= 0.6 is 0 Å². The summed E-state index contributed by atoms with van der Waals surface area (Å²) in [5.74, 6) is 1.53. The van der Waals surface area contributed by atoms with Crippen molar-refractivity contribution in [3.8, 4) is 0 Å². The van der Waals surface area contributed by atoms with Crippen LogP contribution in [-0.2, 0) is 13.1 Å². The van der Waals surface area contributed by atoms with Crippen molar-refractivity contribution in [1.29, 1.82) is 0 Å². The molecule has 0 fully saturated rings. The molecule has 10 nitrogen and oxygen atoms in total. The van der Waals surface area contributed by atoms with E-state index in [0.29, 0.717) is 0 Å². The summed E-state index contributed by atoms with van der Waals surface area (Å²) >= 11 is 0. The molecule has 146 valence electrons. The summed E-state index contributed by atoms with van der Waals surface area (Å²) in [5.41, 5.74) is 2.35. The predicted octanol–water partition coefficient (Wildman–Crippen LogP) is 0.482. The van der Waals surface area contributed by atoms with Crippen LogP contribution in [0.4, 0.5) is 0 Å². The number of likely N-dealkylation sites (N-methyl/N-ethyl adjacent to an activating group) is 1. The molecule has 0 aliphatic carbocycles. The first-order chi connectivity index (χ1) is 13.2. The third-order valence-electron chi connectivity index (χ3n) is 4.41. The Kier molecular flexibility index (Phi) is 6.77. The zero-order valence-corrected chi connectivity index (χ0v) is 16.3. The van der Waals surface area contributed by atoms with Crippen LogP contribution < -0.4 is 5.32 Å². The highest BCUT2D eigenvalue weighted by Gasteiger charge is 2.14. The molecule has 2 aromatic rings. The van der Waals surface area contributed by atoms with E-state index in [1.807, 2.05) is 13.8 Å². The highest BCUT2D eigenvalue weighted by atomic mass is 15.6. The van der Waals surface area contributed by atoms with Crippen molar-refractivity contribution in [1.82, 2.24) is 50.6 Å². The standard InChI is InChI=1S/C9H15N5.C8H13N5/c1-3-14-11-9(10-12-14)8-5-4-6-13(2)7-8;1-2-13-11-8(10-12-13)7-4-3-5-9-6-7/h5H,3-4,6-7H2,1-2H3;4,9H,2-3,5-6H2,1H3. The molecular formula is C17H28N10. The lowest BCUT2D eigenvalue weighted by Crippen LogP contribution is -2.25. The van der Waals surface area contributed by atoms with Crippen LogP contribution in [0.1, 0.15) is 38.3 Å². The van der Waals surface area contributed by atoms with Gasteiger partial charge in [-0.1, -0.05) is 12.2 Å². The van der Waals surface area contributed by atoms with E-state index in [0.717, 1.165) is 69.3 Å². The Balaban J connectivity index is 0.000000156. The van der Waals surface area contributed by atoms with Crippen LogP contribution in [0.3, 0.4) is 0 Å². The quantitative estimate of drug-likeness (QED) is 0.827. The van der Waals surface area contributed by atoms with Crippen molar-refractivity contribution in [2.75, 3.05) is 33.2 Å². The fourth-order valence-corrected chi connectivity index (χ4v) is 2.88. The van der Waals surface area contributed by atoms with Gasteiger partial charge in [0.2, 0.25) is 11.6 Å². The van der Waals surface area contributed by atoms with E-state index in [1.54, 1.807) is 9.59 Å². The zero-order valence-electron chi connectivity index (χ0n) is 16.3. The molecule has 4 heterocycles. The highest BCUT2D eigenvalue weighted by Crippen LogP contribution is 2.15. The van der Waals surface area contributed by atoms with E-state index in [4.69, 9.17) is 0 Å². The summed E-state index contributed by atoms with van der Waals surface area (Å²) in [6.07, 6.45) is 6.51. The number of aromatic nitrogens is 8. The van der Waals surface area contributed by atoms with E-state index in [2.05, 4.69) is 60.2 Å². The summed E-state index contributed by atoms with van der Waals surface area (Å²) in [7, 11) is 2.11. The molecule has 0 bridgehead atoms.